The first kappa shape index (κ1) is 20.1. The third-order valence-electron chi connectivity index (χ3n) is 4.74. The Morgan fingerprint density at radius 1 is 1.24 bits per heavy atom. The summed E-state index contributed by atoms with van der Waals surface area (Å²) in [4.78, 5) is 30.9. The molecule has 7 heteroatoms. The van der Waals surface area contributed by atoms with Crippen LogP contribution < -0.4 is 0 Å². The molecule has 0 spiro atoms. The van der Waals surface area contributed by atoms with Gasteiger partial charge in [-0.15, -0.1) is 0 Å². The van der Waals surface area contributed by atoms with Gasteiger partial charge in [-0.05, 0) is 45.0 Å². The Morgan fingerprint density at radius 2 is 1.97 bits per heavy atom. The number of carbonyl (C=O) groups is 2. The van der Waals surface area contributed by atoms with Crippen LogP contribution in [-0.2, 0) is 9.53 Å². The lowest BCUT2D eigenvalue weighted by atomic mass is 10.1. The fourth-order valence-corrected chi connectivity index (χ4v) is 2.73. The predicted octanol–water partition coefficient (Wildman–Crippen LogP) is 3.72. The van der Waals surface area contributed by atoms with Crippen molar-refractivity contribution in [2.24, 2.45) is 0 Å². The van der Waals surface area contributed by atoms with E-state index in [0.717, 1.165) is 5.76 Å². The van der Waals surface area contributed by atoms with Gasteiger partial charge in [-0.25, -0.2) is 9.78 Å². The highest BCUT2D eigenvalue weighted by Crippen LogP contribution is 2.26. The molecule has 0 unspecified atom stereocenters. The van der Waals surface area contributed by atoms with Crippen molar-refractivity contribution in [2.75, 3.05) is 13.7 Å². The van der Waals surface area contributed by atoms with Gasteiger partial charge in [0, 0.05) is 12.4 Å². The van der Waals surface area contributed by atoms with E-state index in [9.17, 15) is 9.59 Å². The maximum Gasteiger partial charge on any atom is 0.339 e. The minimum absolute atomic E-state index is 0.287. The van der Waals surface area contributed by atoms with E-state index in [2.05, 4.69) is 4.98 Å². The van der Waals surface area contributed by atoms with Gasteiger partial charge in [0.2, 0.25) is 0 Å². The summed E-state index contributed by atoms with van der Waals surface area (Å²) >= 11 is 0. The van der Waals surface area contributed by atoms with Gasteiger partial charge in [0.1, 0.15) is 17.0 Å². The zero-order valence-corrected chi connectivity index (χ0v) is 16.7. The minimum Gasteiger partial charge on any atom is -0.460 e. The molecule has 7 nitrogen and oxygen atoms in total. The van der Waals surface area contributed by atoms with Crippen molar-refractivity contribution < 1.29 is 18.7 Å². The number of rotatable bonds is 5. The highest BCUT2D eigenvalue weighted by atomic mass is 16.5. The molecule has 2 heterocycles. The molecular formula is C22H21N3O4. The molecule has 148 valence electrons. The number of hydrogen-bond donors (Lipinski definition) is 0. The lowest BCUT2D eigenvalue weighted by molar-refractivity contribution is -0.136. The number of para-hydroxylation sites is 1. The number of aromatic nitrogens is 1. The third kappa shape index (κ3) is 4.11. The van der Waals surface area contributed by atoms with Crippen molar-refractivity contribution >= 4 is 22.8 Å². The summed E-state index contributed by atoms with van der Waals surface area (Å²) < 4.78 is 10.9. The number of nitriles is 1. The fourth-order valence-electron chi connectivity index (χ4n) is 2.73. The summed E-state index contributed by atoms with van der Waals surface area (Å²) in [5.41, 5.74) is 0.393. The maximum absolute atomic E-state index is 12.8. The molecule has 0 aliphatic heterocycles. The van der Waals surface area contributed by atoms with Crippen LogP contribution in [0.5, 0.6) is 0 Å². The van der Waals surface area contributed by atoms with E-state index < -0.39 is 24.0 Å². The molecule has 0 aliphatic rings. The van der Waals surface area contributed by atoms with E-state index in [1.807, 2.05) is 25.1 Å². The quantitative estimate of drug-likeness (QED) is 0.615. The number of esters is 1. The standard InChI is InChI=1S/C22H21N3O4/c1-14-9-10-19(29-14)18-11-16(15-7-5-6-8-17(15)24-18)21(27)28-12-20(26)25(4)22(2,3)13-23/h5-11H,12H2,1-4H3. The first-order valence-corrected chi connectivity index (χ1v) is 9.04. The van der Waals surface area contributed by atoms with E-state index in [1.54, 1.807) is 44.2 Å². The summed E-state index contributed by atoms with van der Waals surface area (Å²) in [5.74, 6) is 0.150. The normalized spacial score (nSPS) is 11.1. The van der Waals surface area contributed by atoms with E-state index in [1.165, 1.54) is 11.9 Å². The van der Waals surface area contributed by atoms with Crippen LogP contribution in [-0.4, -0.2) is 41.0 Å². The minimum atomic E-state index is -1.00. The van der Waals surface area contributed by atoms with Gasteiger partial charge < -0.3 is 14.1 Å². The van der Waals surface area contributed by atoms with E-state index >= 15 is 0 Å². The molecule has 3 aromatic rings. The van der Waals surface area contributed by atoms with E-state index in [4.69, 9.17) is 14.4 Å². The second-order valence-electron chi connectivity index (χ2n) is 7.18. The molecule has 0 saturated heterocycles. The van der Waals surface area contributed by atoms with E-state index in [0.29, 0.717) is 22.4 Å². The van der Waals surface area contributed by atoms with Gasteiger partial charge in [-0.3, -0.25) is 4.79 Å². The number of furan rings is 1. The topological polar surface area (TPSA) is 96.4 Å². The fraction of sp³-hybridized carbons (Fsp3) is 0.273. The van der Waals surface area contributed by atoms with Crippen molar-refractivity contribution in [3.63, 3.8) is 0 Å². The number of carbonyl (C=O) groups excluding carboxylic acids is 2. The van der Waals surface area contributed by atoms with Gasteiger partial charge in [0.25, 0.3) is 5.91 Å². The summed E-state index contributed by atoms with van der Waals surface area (Å²) in [7, 11) is 1.50. The molecule has 0 saturated carbocycles. The monoisotopic (exact) mass is 391 g/mol. The third-order valence-corrected chi connectivity index (χ3v) is 4.74. The van der Waals surface area contributed by atoms with Gasteiger partial charge in [-0.1, -0.05) is 18.2 Å². The predicted molar refractivity (Wildman–Crippen MR) is 107 cm³/mol. The first-order chi connectivity index (χ1) is 13.7. The van der Waals surface area contributed by atoms with Crippen molar-refractivity contribution in [1.29, 1.82) is 5.26 Å². The average molecular weight is 391 g/mol. The Kier molecular flexibility index (Phi) is 5.37. The highest BCUT2D eigenvalue weighted by molar-refractivity contribution is 6.05. The number of pyridine rings is 1. The van der Waals surface area contributed by atoms with Crippen molar-refractivity contribution in [2.45, 2.75) is 26.3 Å². The molecule has 1 amide bonds. The Hall–Kier alpha value is -3.66. The van der Waals surface area contributed by atoms with E-state index in [-0.39, 0.29) is 5.56 Å². The number of amides is 1. The second-order valence-corrected chi connectivity index (χ2v) is 7.18. The second kappa shape index (κ2) is 7.76. The number of ether oxygens (including phenoxy) is 1. The average Bonchev–Trinajstić information content (AvgIpc) is 3.16. The van der Waals surface area contributed by atoms with Crippen LogP contribution in [0.4, 0.5) is 0 Å². The molecule has 0 bridgehead atoms. The maximum atomic E-state index is 12.8. The van der Waals surface area contributed by atoms with Crippen LogP contribution in [0, 0.1) is 18.3 Å². The van der Waals surface area contributed by atoms with Gasteiger partial charge in [-0.2, -0.15) is 5.26 Å². The van der Waals surface area contributed by atoms with Crippen LogP contribution in [0.2, 0.25) is 0 Å². The molecule has 0 aliphatic carbocycles. The molecule has 0 fully saturated rings. The Labute approximate surface area is 168 Å². The highest BCUT2D eigenvalue weighted by Gasteiger charge is 2.28. The molecule has 1 aromatic carbocycles. The van der Waals surface area contributed by atoms with Crippen LogP contribution in [0.3, 0.4) is 0 Å². The molecule has 0 atom stereocenters. The Balaban J connectivity index is 1.89. The zero-order valence-electron chi connectivity index (χ0n) is 16.7. The lowest BCUT2D eigenvalue weighted by Crippen LogP contribution is -2.45. The molecule has 0 radical (unpaired) electrons. The zero-order chi connectivity index (χ0) is 21.2. The summed E-state index contributed by atoms with van der Waals surface area (Å²) in [5, 5.41) is 9.77. The first-order valence-electron chi connectivity index (χ1n) is 9.04. The van der Waals surface area contributed by atoms with Gasteiger partial charge in [0.15, 0.2) is 12.4 Å². The van der Waals surface area contributed by atoms with Crippen molar-refractivity contribution in [1.82, 2.24) is 9.88 Å². The molecular weight excluding hydrogens is 370 g/mol. The Morgan fingerprint density at radius 3 is 2.62 bits per heavy atom. The number of aryl methyl sites for hydroxylation is 1. The smallest absolute Gasteiger partial charge is 0.339 e. The number of benzene rings is 1. The van der Waals surface area contributed by atoms with Crippen molar-refractivity contribution in [3.05, 3.63) is 53.8 Å². The molecule has 3 rings (SSSR count). The van der Waals surface area contributed by atoms with Gasteiger partial charge in [0.05, 0.1) is 17.1 Å². The van der Waals surface area contributed by atoms with Crippen LogP contribution in [0.25, 0.3) is 22.4 Å². The number of likely N-dealkylation sites (N-methyl/N-ethyl adjacent to an activating group) is 1. The molecule has 0 N–H and O–H groups in total. The Bertz CT molecular complexity index is 1120. The van der Waals surface area contributed by atoms with Gasteiger partial charge >= 0.3 is 5.97 Å². The number of fused-ring (bicyclic) bond motifs is 1. The number of nitrogens with zero attached hydrogens (tertiary/aromatic N) is 3. The summed E-state index contributed by atoms with van der Waals surface area (Å²) in [6.07, 6.45) is 0. The summed E-state index contributed by atoms with van der Waals surface area (Å²) in [6, 6.07) is 14.4. The molecule has 2 aromatic heterocycles. The van der Waals surface area contributed by atoms with Crippen LogP contribution in [0.1, 0.15) is 30.0 Å². The van der Waals surface area contributed by atoms with Crippen molar-refractivity contribution in [3.8, 4) is 17.5 Å². The summed E-state index contributed by atoms with van der Waals surface area (Å²) in [6.45, 7) is 4.58. The van der Waals surface area contributed by atoms with Crippen LogP contribution >= 0.6 is 0 Å². The van der Waals surface area contributed by atoms with Crippen LogP contribution in [0.15, 0.2) is 46.9 Å². The largest absolute Gasteiger partial charge is 0.460 e. The molecule has 29 heavy (non-hydrogen) atoms. The number of hydrogen-bond acceptors (Lipinski definition) is 6. The SMILES string of the molecule is Cc1ccc(-c2cc(C(=O)OCC(=O)N(C)C(C)(C)C#N)c3ccccc3n2)o1. The lowest BCUT2D eigenvalue weighted by Gasteiger charge is -2.28.